The third-order valence-electron chi connectivity index (χ3n) is 3.17. The second-order valence-corrected chi connectivity index (χ2v) is 4.98. The van der Waals surface area contributed by atoms with Gasteiger partial charge in [-0.25, -0.2) is 0 Å². The maximum Gasteiger partial charge on any atom is 0.251 e. The van der Waals surface area contributed by atoms with E-state index in [0.717, 1.165) is 18.7 Å². The van der Waals surface area contributed by atoms with Crippen LogP contribution in [0.15, 0.2) is 48.8 Å². The van der Waals surface area contributed by atoms with Crippen molar-refractivity contribution in [2.75, 3.05) is 25.5 Å². The van der Waals surface area contributed by atoms with Crippen LogP contribution < -0.4 is 10.2 Å². The molecule has 0 fully saturated rings. The van der Waals surface area contributed by atoms with Crippen molar-refractivity contribution < 1.29 is 4.79 Å². The van der Waals surface area contributed by atoms with E-state index in [9.17, 15) is 4.79 Å². The first-order valence-corrected chi connectivity index (χ1v) is 6.83. The molecule has 4 nitrogen and oxygen atoms in total. The molecule has 1 aromatic carbocycles. The number of carbonyl (C=O) groups excluding carboxylic acids is 1. The molecule has 1 N–H and O–H groups in total. The van der Waals surface area contributed by atoms with Crippen LogP contribution in [0, 0.1) is 0 Å². The van der Waals surface area contributed by atoms with Gasteiger partial charge in [0.15, 0.2) is 0 Å². The van der Waals surface area contributed by atoms with Gasteiger partial charge in [0.05, 0.1) is 0 Å². The zero-order valence-corrected chi connectivity index (χ0v) is 12.0. The molecule has 0 aliphatic rings. The van der Waals surface area contributed by atoms with Gasteiger partial charge in [0, 0.05) is 50.8 Å². The molecule has 1 amide bonds. The Balaban J connectivity index is 1.81. The van der Waals surface area contributed by atoms with Gasteiger partial charge in [-0.3, -0.25) is 4.79 Å². The summed E-state index contributed by atoms with van der Waals surface area (Å²) in [6, 6.07) is 11.7. The zero-order valence-electron chi connectivity index (χ0n) is 12.0. The van der Waals surface area contributed by atoms with Gasteiger partial charge in [0.25, 0.3) is 5.91 Å². The summed E-state index contributed by atoms with van der Waals surface area (Å²) in [4.78, 5) is 14.0. The minimum Gasteiger partial charge on any atom is -0.378 e. The fourth-order valence-corrected chi connectivity index (χ4v) is 2.01. The number of aryl methyl sites for hydroxylation is 1. The molecule has 0 atom stereocenters. The van der Waals surface area contributed by atoms with Crippen LogP contribution in [0.1, 0.15) is 16.8 Å². The number of hydrogen-bond acceptors (Lipinski definition) is 2. The Labute approximate surface area is 120 Å². The van der Waals surface area contributed by atoms with Crippen molar-refractivity contribution in [1.82, 2.24) is 9.88 Å². The number of hydrogen-bond donors (Lipinski definition) is 1. The van der Waals surface area contributed by atoms with Gasteiger partial charge in [-0.15, -0.1) is 0 Å². The molecule has 2 aromatic rings. The van der Waals surface area contributed by atoms with Crippen molar-refractivity contribution in [2.45, 2.75) is 13.0 Å². The average molecular weight is 271 g/mol. The first-order chi connectivity index (χ1) is 9.66. The van der Waals surface area contributed by atoms with Crippen LogP contribution in [0.3, 0.4) is 0 Å². The van der Waals surface area contributed by atoms with E-state index in [4.69, 9.17) is 0 Å². The van der Waals surface area contributed by atoms with E-state index in [-0.39, 0.29) is 5.91 Å². The van der Waals surface area contributed by atoms with Crippen LogP contribution in [-0.4, -0.2) is 31.1 Å². The molecule has 0 unspecified atom stereocenters. The lowest BCUT2D eigenvalue weighted by atomic mass is 10.2. The molecular formula is C16H21N3O. The highest BCUT2D eigenvalue weighted by Crippen LogP contribution is 2.13. The molecule has 1 heterocycles. The minimum atomic E-state index is -0.0128. The number of aromatic nitrogens is 1. The molecule has 0 saturated carbocycles. The van der Waals surface area contributed by atoms with E-state index >= 15 is 0 Å². The molecule has 1 aromatic heterocycles. The van der Waals surface area contributed by atoms with Crippen molar-refractivity contribution in [2.24, 2.45) is 0 Å². The molecule has 0 radical (unpaired) electrons. The molecule has 2 rings (SSSR count). The summed E-state index contributed by atoms with van der Waals surface area (Å²) in [6.07, 6.45) is 4.98. The number of anilines is 1. The smallest absolute Gasteiger partial charge is 0.251 e. The van der Waals surface area contributed by atoms with E-state index in [1.54, 1.807) is 0 Å². The van der Waals surface area contributed by atoms with Crippen molar-refractivity contribution >= 4 is 11.6 Å². The fourth-order valence-electron chi connectivity index (χ4n) is 2.01. The number of nitrogens with zero attached hydrogens (tertiary/aromatic N) is 2. The molecule has 0 aliphatic heterocycles. The summed E-state index contributed by atoms with van der Waals surface area (Å²) in [5, 5.41) is 2.96. The monoisotopic (exact) mass is 271 g/mol. The first-order valence-electron chi connectivity index (χ1n) is 6.83. The van der Waals surface area contributed by atoms with Gasteiger partial charge >= 0.3 is 0 Å². The molecule has 4 heteroatoms. The molecule has 0 aliphatic carbocycles. The summed E-state index contributed by atoms with van der Waals surface area (Å²) < 4.78 is 2.11. The van der Waals surface area contributed by atoms with Gasteiger partial charge in [-0.2, -0.15) is 0 Å². The lowest BCUT2D eigenvalue weighted by Crippen LogP contribution is -2.25. The van der Waals surface area contributed by atoms with E-state index < -0.39 is 0 Å². The molecule has 106 valence electrons. The Kier molecular flexibility index (Phi) is 4.82. The van der Waals surface area contributed by atoms with Crippen molar-refractivity contribution in [3.63, 3.8) is 0 Å². The SMILES string of the molecule is CN(C)c1cccc(C(=O)NCCCn2cccc2)c1. The zero-order chi connectivity index (χ0) is 14.4. The van der Waals surface area contributed by atoms with Crippen LogP contribution in [0.5, 0.6) is 0 Å². The third kappa shape index (κ3) is 3.88. The number of rotatable bonds is 6. The number of benzene rings is 1. The Morgan fingerprint density at radius 1 is 1.20 bits per heavy atom. The topological polar surface area (TPSA) is 37.3 Å². The number of carbonyl (C=O) groups is 1. The fraction of sp³-hybridized carbons (Fsp3) is 0.312. The van der Waals surface area contributed by atoms with E-state index in [2.05, 4.69) is 9.88 Å². The van der Waals surface area contributed by atoms with Gasteiger partial charge < -0.3 is 14.8 Å². The van der Waals surface area contributed by atoms with Crippen LogP contribution in [0.2, 0.25) is 0 Å². The van der Waals surface area contributed by atoms with Crippen LogP contribution in [0.25, 0.3) is 0 Å². The molecule has 0 spiro atoms. The maximum absolute atomic E-state index is 12.0. The summed E-state index contributed by atoms with van der Waals surface area (Å²) >= 11 is 0. The average Bonchev–Trinajstić information content (AvgIpc) is 2.96. The van der Waals surface area contributed by atoms with Crippen molar-refractivity contribution in [3.8, 4) is 0 Å². The molecular weight excluding hydrogens is 250 g/mol. The Bertz CT molecular complexity index is 547. The lowest BCUT2D eigenvalue weighted by molar-refractivity contribution is 0.0953. The van der Waals surface area contributed by atoms with Gasteiger partial charge in [0.1, 0.15) is 0 Å². The minimum absolute atomic E-state index is 0.0128. The van der Waals surface area contributed by atoms with Crippen LogP contribution >= 0.6 is 0 Å². The molecule has 20 heavy (non-hydrogen) atoms. The highest BCUT2D eigenvalue weighted by atomic mass is 16.1. The third-order valence-corrected chi connectivity index (χ3v) is 3.17. The van der Waals surface area contributed by atoms with Gasteiger partial charge in [-0.05, 0) is 36.8 Å². The number of amides is 1. The maximum atomic E-state index is 12.0. The highest BCUT2D eigenvalue weighted by molar-refractivity contribution is 5.95. The quantitative estimate of drug-likeness (QED) is 0.819. The molecule has 0 bridgehead atoms. The summed E-state index contributed by atoms with van der Waals surface area (Å²) in [5.41, 5.74) is 1.74. The highest BCUT2D eigenvalue weighted by Gasteiger charge is 2.06. The van der Waals surface area contributed by atoms with Crippen molar-refractivity contribution in [3.05, 3.63) is 54.4 Å². The second kappa shape index (κ2) is 6.80. The predicted octanol–water partition coefficient (Wildman–Crippen LogP) is 2.37. The Morgan fingerprint density at radius 2 is 1.95 bits per heavy atom. The Morgan fingerprint density at radius 3 is 2.65 bits per heavy atom. The predicted molar refractivity (Wildman–Crippen MR) is 82.2 cm³/mol. The first kappa shape index (κ1) is 14.2. The van der Waals surface area contributed by atoms with Gasteiger partial charge in [-0.1, -0.05) is 6.07 Å². The molecule has 0 saturated heterocycles. The van der Waals surface area contributed by atoms with E-state index in [0.29, 0.717) is 12.1 Å². The Hall–Kier alpha value is -2.23. The lowest BCUT2D eigenvalue weighted by Gasteiger charge is -2.13. The largest absolute Gasteiger partial charge is 0.378 e. The van der Waals surface area contributed by atoms with Crippen LogP contribution in [0.4, 0.5) is 5.69 Å². The number of nitrogens with one attached hydrogen (secondary N) is 1. The summed E-state index contributed by atoms with van der Waals surface area (Å²) in [5.74, 6) is -0.0128. The van der Waals surface area contributed by atoms with Gasteiger partial charge in [0.2, 0.25) is 0 Å². The standard InChI is InChI=1S/C16H21N3O/c1-18(2)15-8-5-7-14(13-15)16(20)17-9-6-12-19-10-3-4-11-19/h3-5,7-8,10-11,13H,6,9,12H2,1-2H3,(H,17,20). The van der Waals surface area contributed by atoms with E-state index in [1.165, 1.54) is 0 Å². The second-order valence-electron chi connectivity index (χ2n) is 4.98. The van der Waals surface area contributed by atoms with Crippen molar-refractivity contribution in [1.29, 1.82) is 0 Å². The van der Waals surface area contributed by atoms with E-state index in [1.807, 2.05) is 67.8 Å². The summed E-state index contributed by atoms with van der Waals surface area (Å²) in [6.45, 7) is 1.61. The normalized spacial score (nSPS) is 10.3. The van der Waals surface area contributed by atoms with Crippen LogP contribution in [-0.2, 0) is 6.54 Å². The summed E-state index contributed by atoms with van der Waals surface area (Å²) in [7, 11) is 3.93.